The Bertz CT molecular complexity index is 172. The van der Waals surface area contributed by atoms with Gasteiger partial charge in [-0.05, 0) is 31.1 Å². The molecule has 13 heavy (non-hydrogen) atoms. The van der Waals surface area contributed by atoms with Crippen LogP contribution in [0.15, 0.2) is 0 Å². The highest BCUT2D eigenvalue weighted by atomic mass is 35.5. The topological polar surface area (TPSA) is 55.5 Å². The lowest BCUT2D eigenvalue weighted by molar-refractivity contribution is -0.0842. The van der Waals surface area contributed by atoms with Crippen molar-refractivity contribution in [3.63, 3.8) is 0 Å². The molecule has 2 aliphatic rings. The Balaban J connectivity index is 0.000000845. The molecule has 3 N–H and O–H groups in total. The maximum Gasteiger partial charge on any atom is 0.0611 e. The van der Waals surface area contributed by atoms with Gasteiger partial charge in [-0.25, -0.2) is 0 Å². The summed E-state index contributed by atoms with van der Waals surface area (Å²) >= 11 is 0. The summed E-state index contributed by atoms with van der Waals surface area (Å²) in [6, 6.07) is 0. The fraction of sp³-hybridized carbons (Fsp3) is 1.00. The quantitative estimate of drug-likeness (QED) is 0.665. The van der Waals surface area contributed by atoms with E-state index < -0.39 is 0 Å². The largest absolute Gasteiger partial charge is 0.394 e. The maximum absolute atomic E-state index is 9.00. The van der Waals surface area contributed by atoms with Gasteiger partial charge in [-0.2, -0.15) is 0 Å². The molecular weight excluding hydrogens is 190 g/mol. The van der Waals surface area contributed by atoms with Crippen LogP contribution >= 0.6 is 12.4 Å². The number of hydrogen-bond donors (Lipinski definition) is 2. The molecule has 1 aliphatic heterocycles. The highest BCUT2D eigenvalue weighted by Gasteiger charge is 2.52. The molecule has 1 aliphatic carbocycles. The van der Waals surface area contributed by atoms with Gasteiger partial charge in [0.2, 0.25) is 0 Å². The third-order valence-electron chi connectivity index (χ3n) is 3.32. The average molecular weight is 208 g/mol. The summed E-state index contributed by atoms with van der Waals surface area (Å²) in [6.45, 7) is 1.89. The van der Waals surface area contributed by atoms with Gasteiger partial charge in [0.15, 0.2) is 0 Å². The predicted octanol–water partition coefficient (Wildman–Crippen LogP) is 0.689. The Hall–Kier alpha value is 0.170. The van der Waals surface area contributed by atoms with Gasteiger partial charge in [0.05, 0.1) is 6.61 Å². The van der Waals surface area contributed by atoms with Gasteiger partial charge in [-0.3, -0.25) is 0 Å². The molecule has 3 nitrogen and oxygen atoms in total. The van der Waals surface area contributed by atoms with Gasteiger partial charge in [0.1, 0.15) is 0 Å². The summed E-state index contributed by atoms with van der Waals surface area (Å²) in [7, 11) is 0. The monoisotopic (exact) mass is 207 g/mol. The van der Waals surface area contributed by atoms with Crippen molar-refractivity contribution in [3.8, 4) is 0 Å². The van der Waals surface area contributed by atoms with Crippen molar-refractivity contribution in [2.45, 2.75) is 31.2 Å². The normalized spacial score (nSPS) is 29.1. The van der Waals surface area contributed by atoms with Crippen LogP contribution in [0.25, 0.3) is 0 Å². The van der Waals surface area contributed by atoms with Gasteiger partial charge in [0, 0.05) is 18.8 Å². The Morgan fingerprint density at radius 1 is 1.23 bits per heavy atom. The van der Waals surface area contributed by atoms with Crippen molar-refractivity contribution in [2.75, 3.05) is 19.8 Å². The fourth-order valence-electron chi connectivity index (χ4n) is 2.71. The number of ether oxygens (including phenoxy) is 1. The first-order valence-corrected chi connectivity index (χ1v) is 4.66. The Labute approximate surface area is 85.0 Å². The average Bonchev–Trinajstić information content (AvgIpc) is 2.04. The summed E-state index contributed by atoms with van der Waals surface area (Å²) in [5, 5.41) is 9.00. The lowest BCUT2D eigenvalue weighted by atomic mass is 9.55. The molecule has 0 aromatic rings. The summed E-state index contributed by atoms with van der Waals surface area (Å²) in [5.74, 6) is 0. The molecule has 1 saturated heterocycles. The zero-order valence-electron chi connectivity index (χ0n) is 7.79. The fourth-order valence-corrected chi connectivity index (χ4v) is 2.71. The van der Waals surface area contributed by atoms with Gasteiger partial charge < -0.3 is 15.6 Å². The van der Waals surface area contributed by atoms with E-state index >= 15 is 0 Å². The van der Waals surface area contributed by atoms with Crippen LogP contribution in [0.1, 0.15) is 25.7 Å². The second-order valence-corrected chi connectivity index (χ2v) is 4.49. The number of hydrogen-bond acceptors (Lipinski definition) is 3. The van der Waals surface area contributed by atoms with E-state index in [1.807, 2.05) is 0 Å². The first-order valence-electron chi connectivity index (χ1n) is 4.66. The van der Waals surface area contributed by atoms with Crippen LogP contribution in [0.5, 0.6) is 0 Å². The number of rotatable bonds is 1. The summed E-state index contributed by atoms with van der Waals surface area (Å²) in [6.07, 6.45) is 4.23. The minimum atomic E-state index is -0.267. The van der Waals surface area contributed by atoms with Crippen LogP contribution < -0.4 is 5.73 Å². The molecule has 0 amide bonds. The van der Waals surface area contributed by atoms with E-state index in [1.54, 1.807) is 0 Å². The van der Waals surface area contributed by atoms with Crippen LogP contribution in [0, 0.1) is 5.41 Å². The molecular formula is C9H18ClNO2. The number of aliphatic hydroxyl groups is 1. The highest BCUT2D eigenvalue weighted by molar-refractivity contribution is 5.85. The van der Waals surface area contributed by atoms with Gasteiger partial charge in [-0.15, -0.1) is 12.4 Å². The lowest BCUT2D eigenvalue weighted by Crippen LogP contribution is -2.61. The smallest absolute Gasteiger partial charge is 0.0611 e. The van der Waals surface area contributed by atoms with E-state index in [4.69, 9.17) is 15.6 Å². The molecule has 0 aromatic carbocycles. The molecule has 0 aromatic heterocycles. The van der Waals surface area contributed by atoms with E-state index in [1.165, 1.54) is 0 Å². The molecule has 78 valence electrons. The molecule has 0 atom stereocenters. The molecule has 1 heterocycles. The number of nitrogens with two attached hydrogens (primary N) is 1. The lowest BCUT2D eigenvalue weighted by Gasteiger charge is -2.55. The van der Waals surface area contributed by atoms with Crippen LogP contribution in [0.4, 0.5) is 0 Å². The minimum Gasteiger partial charge on any atom is -0.394 e. The first kappa shape index (κ1) is 11.2. The van der Waals surface area contributed by atoms with Gasteiger partial charge in [-0.1, -0.05) is 0 Å². The summed E-state index contributed by atoms with van der Waals surface area (Å²) < 4.78 is 5.30. The third kappa shape index (κ3) is 1.99. The number of aliphatic hydroxyl groups excluding tert-OH is 1. The maximum atomic E-state index is 9.00. The van der Waals surface area contributed by atoms with Crippen molar-refractivity contribution in [2.24, 2.45) is 11.1 Å². The molecule has 2 rings (SSSR count). The van der Waals surface area contributed by atoms with Crippen molar-refractivity contribution in [3.05, 3.63) is 0 Å². The standard InChI is InChI=1S/C9H17NO2.ClH/c10-9(7-11)5-8(6-9)1-3-12-4-2-8;/h11H,1-7,10H2;1H. The van der Waals surface area contributed by atoms with E-state index in [-0.39, 0.29) is 24.6 Å². The first-order chi connectivity index (χ1) is 5.68. The second kappa shape index (κ2) is 3.73. The van der Waals surface area contributed by atoms with E-state index in [2.05, 4.69) is 0 Å². The predicted molar refractivity (Wildman–Crippen MR) is 53.0 cm³/mol. The molecule has 4 heteroatoms. The van der Waals surface area contributed by atoms with E-state index in [0.29, 0.717) is 5.41 Å². The van der Waals surface area contributed by atoms with Crippen molar-refractivity contribution in [1.29, 1.82) is 0 Å². The second-order valence-electron chi connectivity index (χ2n) is 4.49. The van der Waals surface area contributed by atoms with Crippen molar-refractivity contribution >= 4 is 12.4 Å². The molecule has 0 bridgehead atoms. The van der Waals surface area contributed by atoms with E-state index in [0.717, 1.165) is 38.9 Å². The summed E-state index contributed by atoms with van der Waals surface area (Å²) in [5.41, 5.74) is 6.08. The summed E-state index contributed by atoms with van der Waals surface area (Å²) in [4.78, 5) is 0. The van der Waals surface area contributed by atoms with E-state index in [9.17, 15) is 0 Å². The van der Waals surface area contributed by atoms with Crippen molar-refractivity contribution in [1.82, 2.24) is 0 Å². The Morgan fingerprint density at radius 2 is 1.77 bits per heavy atom. The van der Waals surface area contributed by atoms with Gasteiger partial charge in [0.25, 0.3) is 0 Å². The number of halogens is 1. The SMILES string of the molecule is Cl.NC1(CO)CC2(CCOCC2)C1. The minimum absolute atomic E-state index is 0. The Kier molecular flexibility index (Phi) is 3.23. The molecule has 2 fully saturated rings. The van der Waals surface area contributed by atoms with Crippen LogP contribution in [-0.4, -0.2) is 30.5 Å². The van der Waals surface area contributed by atoms with Crippen LogP contribution in [0.2, 0.25) is 0 Å². The molecule has 0 unspecified atom stereocenters. The third-order valence-corrected chi connectivity index (χ3v) is 3.32. The highest BCUT2D eigenvalue weighted by Crippen LogP contribution is 2.52. The zero-order chi connectivity index (χ0) is 8.66. The van der Waals surface area contributed by atoms with Crippen LogP contribution in [0.3, 0.4) is 0 Å². The Morgan fingerprint density at radius 3 is 2.23 bits per heavy atom. The molecule has 0 radical (unpaired) electrons. The molecule has 1 spiro atoms. The van der Waals surface area contributed by atoms with Gasteiger partial charge >= 0.3 is 0 Å². The van der Waals surface area contributed by atoms with Crippen LogP contribution in [-0.2, 0) is 4.74 Å². The molecule has 1 saturated carbocycles. The zero-order valence-corrected chi connectivity index (χ0v) is 8.61. The van der Waals surface area contributed by atoms with Crippen molar-refractivity contribution < 1.29 is 9.84 Å².